The smallest absolute Gasteiger partial charge is 0.273 e. The van der Waals surface area contributed by atoms with Crippen molar-refractivity contribution in [2.75, 3.05) is 0 Å². The molecule has 10 heteroatoms. The molecule has 4 amide bonds. The summed E-state index contributed by atoms with van der Waals surface area (Å²) in [7, 11) is 0. The van der Waals surface area contributed by atoms with E-state index in [2.05, 4.69) is 21.7 Å². The van der Waals surface area contributed by atoms with Crippen LogP contribution >= 0.6 is 0 Å². The standard InChI is InChI=1S/C24H30N4O6/c1-23(2,21(33)27-25-19(31)15-9-5-7-11-17(15)29)13-14-24(3,4)22(34)28-26-20(32)16-10-6-8-12-18(16)30/h5-12,29-30H,13-14H2,1-4H3,(H,25,31)(H,26,32)(H,27,33)(H,28,34). The Morgan fingerprint density at radius 2 is 0.941 bits per heavy atom. The molecule has 2 aromatic rings. The van der Waals surface area contributed by atoms with Gasteiger partial charge in [-0.1, -0.05) is 52.0 Å². The van der Waals surface area contributed by atoms with Gasteiger partial charge in [0.15, 0.2) is 0 Å². The van der Waals surface area contributed by atoms with E-state index in [1.54, 1.807) is 52.0 Å². The number of nitrogens with one attached hydrogen (secondary N) is 4. The van der Waals surface area contributed by atoms with Gasteiger partial charge >= 0.3 is 0 Å². The van der Waals surface area contributed by atoms with Crippen LogP contribution in [0.2, 0.25) is 0 Å². The fourth-order valence-electron chi connectivity index (χ4n) is 2.88. The summed E-state index contributed by atoms with van der Waals surface area (Å²) in [5.41, 5.74) is 7.39. The summed E-state index contributed by atoms with van der Waals surface area (Å²) in [4.78, 5) is 49.5. The highest BCUT2D eigenvalue weighted by molar-refractivity contribution is 5.98. The van der Waals surface area contributed by atoms with Gasteiger partial charge in [-0.3, -0.25) is 40.9 Å². The van der Waals surface area contributed by atoms with E-state index in [9.17, 15) is 29.4 Å². The largest absolute Gasteiger partial charge is 0.507 e. The summed E-state index contributed by atoms with van der Waals surface area (Å²) in [6, 6.07) is 11.9. The molecule has 2 aromatic carbocycles. The summed E-state index contributed by atoms with van der Waals surface area (Å²) in [6.07, 6.45) is 0.582. The van der Waals surface area contributed by atoms with Gasteiger partial charge in [-0.2, -0.15) is 0 Å². The molecule has 182 valence electrons. The van der Waals surface area contributed by atoms with E-state index in [0.717, 1.165) is 0 Å². The lowest BCUT2D eigenvalue weighted by molar-refractivity contribution is -0.134. The maximum absolute atomic E-state index is 12.6. The van der Waals surface area contributed by atoms with Gasteiger partial charge in [0.1, 0.15) is 11.5 Å². The third-order valence-electron chi connectivity index (χ3n) is 5.48. The van der Waals surface area contributed by atoms with Gasteiger partial charge in [0.2, 0.25) is 11.8 Å². The monoisotopic (exact) mass is 470 g/mol. The molecule has 0 spiro atoms. The van der Waals surface area contributed by atoms with Crippen molar-refractivity contribution >= 4 is 23.6 Å². The van der Waals surface area contributed by atoms with Crippen LogP contribution < -0.4 is 21.7 Å². The number of benzene rings is 2. The molecule has 0 radical (unpaired) electrons. The molecule has 0 saturated carbocycles. The second kappa shape index (κ2) is 10.7. The molecule has 10 nitrogen and oxygen atoms in total. The second-order valence-corrected chi connectivity index (χ2v) is 9.12. The highest BCUT2D eigenvalue weighted by atomic mass is 16.3. The maximum Gasteiger partial charge on any atom is 0.273 e. The van der Waals surface area contributed by atoms with Gasteiger partial charge in [0, 0.05) is 10.8 Å². The summed E-state index contributed by atoms with van der Waals surface area (Å²) in [5, 5.41) is 19.5. The van der Waals surface area contributed by atoms with E-state index in [-0.39, 0.29) is 22.6 Å². The molecule has 0 fully saturated rings. The molecule has 0 atom stereocenters. The van der Waals surface area contributed by atoms with E-state index < -0.39 is 34.5 Å². The number of phenolic OH excluding ortho intramolecular Hbond substituents is 2. The SMILES string of the molecule is CC(C)(CCC(C)(C)C(=O)NNC(=O)c1ccccc1O)C(=O)NNC(=O)c1ccccc1O. The molecule has 0 unspecified atom stereocenters. The molecule has 0 aliphatic heterocycles. The van der Waals surface area contributed by atoms with Crippen LogP contribution in [0.3, 0.4) is 0 Å². The Morgan fingerprint density at radius 3 is 1.26 bits per heavy atom. The normalized spacial score (nSPS) is 11.3. The van der Waals surface area contributed by atoms with Gasteiger partial charge in [0.25, 0.3) is 11.8 Å². The first-order chi connectivity index (χ1) is 15.8. The van der Waals surface area contributed by atoms with Crippen LogP contribution in [0.15, 0.2) is 48.5 Å². The molecule has 2 rings (SSSR count). The Hall–Kier alpha value is -4.08. The molecule has 34 heavy (non-hydrogen) atoms. The first-order valence-electron chi connectivity index (χ1n) is 10.6. The fraction of sp³-hybridized carbons (Fsp3) is 0.333. The van der Waals surface area contributed by atoms with Crippen molar-refractivity contribution in [3.05, 3.63) is 59.7 Å². The van der Waals surface area contributed by atoms with E-state index in [0.29, 0.717) is 12.8 Å². The van der Waals surface area contributed by atoms with Gasteiger partial charge in [-0.15, -0.1) is 0 Å². The molecule has 6 N–H and O–H groups in total. The van der Waals surface area contributed by atoms with Crippen molar-refractivity contribution in [3.63, 3.8) is 0 Å². The number of rotatable bonds is 7. The van der Waals surface area contributed by atoms with Crippen LogP contribution in [0.5, 0.6) is 11.5 Å². The predicted octanol–water partition coefficient (Wildman–Crippen LogP) is 2.15. The van der Waals surface area contributed by atoms with Crippen molar-refractivity contribution in [3.8, 4) is 11.5 Å². The number of hydrogen-bond donors (Lipinski definition) is 6. The van der Waals surface area contributed by atoms with Crippen LogP contribution in [0.25, 0.3) is 0 Å². The van der Waals surface area contributed by atoms with Gasteiger partial charge < -0.3 is 10.2 Å². The summed E-state index contributed by atoms with van der Waals surface area (Å²) in [6.45, 7) is 6.68. The van der Waals surface area contributed by atoms with Gasteiger partial charge in [0.05, 0.1) is 11.1 Å². The minimum absolute atomic E-state index is 0.0179. The van der Waals surface area contributed by atoms with E-state index in [4.69, 9.17) is 0 Å². The Labute approximate surface area is 197 Å². The summed E-state index contributed by atoms with van der Waals surface area (Å²) < 4.78 is 0. The number of phenols is 2. The average molecular weight is 471 g/mol. The van der Waals surface area contributed by atoms with Gasteiger partial charge in [-0.05, 0) is 37.1 Å². The number of para-hydroxylation sites is 2. The Kier molecular flexibility index (Phi) is 8.23. The molecule has 0 aromatic heterocycles. The number of hydrazine groups is 2. The lowest BCUT2D eigenvalue weighted by Crippen LogP contribution is -2.49. The first-order valence-corrected chi connectivity index (χ1v) is 10.6. The topological polar surface area (TPSA) is 157 Å². The van der Waals surface area contributed by atoms with Crippen LogP contribution in [0.4, 0.5) is 0 Å². The van der Waals surface area contributed by atoms with Gasteiger partial charge in [-0.25, -0.2) is 0 Å². The summed E-state index contributed by atoms with van der Waals surface area (Å²) >= 11 is 0. The van der Waals surface area contributed by atoms with Crippen molar-refractivity contribution in [2.45, 2.75) is 40.5 Å². The van der Waals surface area contributed by atoms with Crippen LogP contribution in [0.1, 0.15) is 61.3 Å². The minimum Gasteiger partial charge on any atom is -0.507 e. The van der Waals surface area contributed by atoms with Crippen LogP contribution in [-0.2, 0) is 9.59 Å². The third-order valence-corrected chi connectivity index (χ3v) is 5.48. The summed E-state index contributed by atoms with van der Waals surface area (Å²) in [5.74, 6) is -2.70. The number of carbonyl (C=O) groups is 4. The Balaban J connectivity index is 1.87. The number of aromatic hydroxyl groups is 2. The Morgan fingerprint density at radius 1 is 0.618 bits per heavy atom. The highest BCUT2D eigenvalue weighted by Gasteiger charge is 2.34. The first kappa shape index (κ1) is 26.2. The molecular formula is C24H30N4O6. The fourth-order valence-corrected chi connectivity index (χ4v) is 2.88. The third kappa shape index (κ3) is 6.71. The second-order valence-electron chi connectivity index (χ2n) is 9.12. The van der Waals surface area contributed by atoms with Crippen molar-refractivity contribution in [2.24, 2.45) is 10.8 Å². The zero-order chi connectivity index (χ0) is 25.5. The molecule has 0 aliphatic rings. The molecule has 0 heterocycles. The van der Waals surface area contributed by atoms with Crippen molar-refractivity contribution < 1.29 is 29.4 Å². The van der Waals surface area contributed by atoms with E-state index in [1.807, 2.05) is 0 Å². The number of hydrogen-bond acceptors (Lipinski definition) is 6. The number of carbonyl (C=O) groups excluding carboxylic acids is 4. The Bertz CT molecular complexity index is 995. The van der Waals surface area contributed by atoms with E-state index in [1.165, 1.54) is 24.3 Å². The molecular weight excluding hydrogens is 440 g/mol. The van der Waals surface area contributed by atoms with Crippen LogP contribution in [0, 0.1) is 10.8 Å². The molecule has 0 bridgehead atoms. The zero-order valence-electron chi connectivity index (χ0n) is 19.6. The molecule has 0 saturated heterocycles. The lowest BCUT2D eigenvalue weighted by Gasteiger charge is -2.29. The predicted molar refractivity (Wildman–Crippen MR) is 124 cm³/mol. The quantitative estimate of drug-likeness (QED) is 0.341. The molecule has 0 aliphatic carbocycles. The number of amides is 4. The van der Waals surface area contributed by atoms with Crippen LogP contribution in [-0.4, -0.2) is 33.8 Å². The maximum atomic E-state index is 12.6. The average Bonchev–Trinajstić information content (AvgIpc) is 2.79. The van der Waals surface area contributed by atoms with Crippen molar-refractivity contribution in [1.82, 2.24) is 21.7 Å². The van der Waals surface area contributed by atoms with E-state index >= 15 is 0 Å². The lowest BCUT2D eigenvalue weighted by atomic mass is 9.78. The van der Waals surface area contributed by atoms with Crippen molar-refractivity contribution in [1.29, 1.82) is 0 Å². The zero-order valence-corrected chi connectivity index (χ0v) is 19.6. The minimum atomic E-state index is -0.942. The highest BCUT2D eigenvalue weighted by Crippen LogP contribution is 2.31.